The van der Waals surface area contributed by atoms with Crippen molar-refractivity contribution in [1.29, 1.82) is 0 Å². The van der Waals surface area contributed by atoms with Gasteiger partial charge in [0.1, 0.15) is 0 Å². The smallest absolute Gasteiger partial charge is 0.220 e. The van der Waals surface area contributed by atoms with Crippen LogP contribution in [-0.4, -0.2) is 37.7 Å². The van der Waals surface area contributed by atoms with Crippen molar-refractivity contribution < 1.29 is 9.53 Å². The molecule has 2 heterocycles. The fourth-order valence-electron chi connectivity index (χ4n) is 2.51. The Hall–Kier alpha value is -0.610. The molecular formula is C12H22N2O2. The van der Waals surface area contributed by atoms with E-state index < -0.39 is 0 Å². The molecule has 2 rings (SSSR count). The Labute approximate surface area is 97.1 Å². The highest BCUT2D eigenvalue weighted by molar-refractivity contribution is 5.77. The SMILES string of the molecule is CC1(NC(=O)CC2CCCNC2)CCOC1. The predicted octanol–water partition coefficient (Wildman–Crippen LogP) is 0.671. The lowest BCUT2D eigenvalue weighted by atomic mass is 9.94. The minimum Gasteiger partial charge on any atom is -0.379 e. The largest absolute Gasteiger partial charge is 0.379 e. The van der Waals surface area contributed by atoms with Crippen molar-refractivity contribution in [2.24, 2.45) is 5.92 Å². The summed E-state index contributed by atoms with van der Waals surface area (Å²) in [6, 6.07) is 0. The minimum absolute atomic E-state index is 0.126. The van der Waals surface area contributed by atoms with Gasteiger partial charge in [0.05, 0.1) is 12.1 Å². The van der Waals surface area contributed by atoms with Gasteiger partial charge >= 0.3 is 0 Å². The first-order valence-electron chi connectivity index (χ1n) is 6.27. The van der Waals surface area contributed by atoms with Crippen LogP contribution >= 0.6 is 0 Å². The van der Waals surface area contributed by atoms with E-state index in [0.29, 0.717) is 18.9 Å². The van der Waals surface area contributed by atoms with E-state index in [2.05, 4.69) is 17.6 Å². The Kier molecular flexibility index (Phi) is 3.82. The highest BCUT2D eigenvalue weighted by atomic mass is 16.5. The Balaban J connectivity index is 1.74. The Morgan fingerprint density at radius 1 is 1.62 bits per heavy atom. The molecule has 0 aromatic carbocycles. The van der Waals surface area contributed by atoms with Crippen molar-refractivity contribution in [3.8, 4) is 0 Å². The topological polar surface area (TPSA) is 50.4 Å². The molecule has 2 atom stereocenters. The van der Waals surface area contributed by atoms with Crippen LogP contribution in [0, 0.1) is 5.92 Å². The predicted molar refractivity (Wildman–Crippen MR) is 62.2 cm³/mol. The van der Waals surface area contributed by atoms with Gasteiger partial charge in [-0.1, -0.05) is 0 Å². The third-order valence-corrected chi connectivity index (χ3v) is 3.53. The van der Waals surface area contributed by atoms with Gasteiger partial charge in [-0.3, -0.25) is 4.79 Å². The second-order valence-corrected chi connectivity index (χ2v) is 5.33. The van der Waals surface area contributed by atoms with Crippen molar-refractivity contribution >= 4 is 5.91 Å². The quantitative estimate of drug-likeness (QED) is 0.743. The number of rotatable bonds is 3. The first-order chi connectivity index (χ1) is 7.68. The average molecular weight is 226 g/mol. The van der Waals surface area contributed by atoms with E-state index in [-0.39, 0.29) is 11.4 Å². The normalized spacial score (nSPS) is 34.9. The Bertz CT molecular complexity index is 243. The van der Waals surface area contributed by atoms with E-state index in [1.165, 1.54) is 12.8 Å². The van der Waals surface area contributed by atoms with Crippen molar-refractivity contribution in [3.63, 3.8) is 0 Å². The molecule has 2 N–H and O–H groups in total. The molecule has 0 aliphatic carbocycles. The minimum atomic E-state index is -0.126. The van der Waals surface area contributed by atoms with Crippen molar-refractivity contribution in [2.75, 3.05) is 26.3 Å². The molecule has 16 heavy (non-hydrogen) atoms. The number of carbonyl (C=O) groups excluding carboxylic acids is 1. The van der Waals surface area contributed by atoms with Crippen LogP contribution in [0.15, 0.2) is 0 Å². The zero-order valence-electron chi connectivity index (χ0n) is 10.1. The molecule has 92 valence electrons. The highest BCUT2D eigenvalue weighted by Gasteiger charge is 2.31. The maximum absolute atomic E-state index is 11.9. The summed E-state index contributed by atoms with van der Waals surface area (Å²) in [5, 5.41) is 6.45. The summed E-state index contributed by atoms with van der Waals surface area (Å²) in [5.41, 5.74) is -0.126. The van der Waals surface area contributed by atoms with Crippen LogP contribution in [0.2, 0.25) is 0 Å². The number of nitrogens with one attached hydrogen (secondary N) is 2. The molecule has 2 unspecified atom stereocenters. The number of carbonyl (C=O) groups is 1. The van der Waals surface area contributed by atoms with Gasteiger partial charge in [-0.2, -0.15) is 0 Å². The molecule has 0 saturated carbocycles. The van der Waals surface area contributed by atoms with Crippen LogP contribution in [0.1, 0.15) is 32.6 Å². The zero-order valence-corrected chi connectivity index (χ0v) is 10.1. The summed E-state index contributed by atoms with van der Waals surface area (Å²) in [6.07, 6.45) is 3.95. The van der Waals surface area contributed by atoms with Crippen LogP contribution in [0.3, 0.4) is 0 Å². The van der Waals surface area contributed by atoms with Crippen LogP contribution in [0.25, 0.3) is 0 Å². The molecule has 0 spiro atoms. The van der Waals surface area contributed by atoms with Crippen molar-refractivity contribution in [2.45, 2.75) is 38.1 Å². The third-order valence-electron chi connectivity index (χ3n) is 3.53. The Morgan fingerprint density at radius 3 is 3.12 bits per heavy atom. The monoisotopic (exact) mass is 226 g/mol. The molecule has 2 fully saturated rings. The summed E-state index contributed by atoms with van der Waals surface area (Å²) in [5.74, 6) is 0.696. The summed E-state index contributed by atoms with van der Waals surface area (Å²) in [6.45, 7) is 5.57. The van der Waals surface area contributed by atoms with E-state index in [9.17, 15) is 4.79 Å². The number of ether oxygens (including phenoxy) is 1. The number of amides is 1. The van der Waals surface area contributed by atoms with Gasteiger partial charge in [-0.25, -0.2) is 0 Å². The second kappa shape index (κ2) is 5.15. The van der Waals surface area contributed by atoms with E-state index in [4.69, 9.17) is 4.74 Å². The lowest BCUT2D eigenvalue weighted by molar-refractivity contribution is -0.123. The molecule has 4 heteroatoms. The van der Waals surface area contributed by atoms with Crippen LogP contribution < -0.4 is 10.6 Å². The van der Waals surface area contributed by atoms with Gasteiger partial charge < -0.3 is 15.4 Å². The van der Waals surface area contributed by atoms with E-state index in [1.54, 1.807) is 0 Å². The summed E-state index contributed by atoms with van der Waals surface area (Å²) < 4.78 is 5.32. The van der Waals surface area contributed by atoms with Gasteiger partial charge in [0.15, 0.2) is 0 Å². The molecule has 4 nitrogen and oxygen atoms in total. The molecule has 2 aliphatic heterocycles. The number of piperidine rings is 1. The van der Waals surface area contributed by atoms with Crippen LogP contribution in [-0.2, 0) is 9.53 Å². The molecule has 0 aromatic heterocycles. The molecule has 2 saturated heterocycles. The zero-order chi connectivity index (χ0) is 11.4. The first kappa shape index (κ1) is 11.9. The highest BCUT2D eigenvalue weighted by Crippen LogP contribution is 2.19. The van der Waals surface area contributed by atoms with Crippen molar-refractivity contribution in [1.82, 2.24) is 10.6 Å². The standard InChI is InChI=1S/C12H22N2O2/c1-12(4-6-16-9-12)14-11(15)7-10-3-2-5-13-8-10/h10,13H,2-9H2,1H3,(H,14,15). The lowest BCUT2D eigenvalue weighted by Gasteiger charge is -2.27. The fourth-order valence-corrected chi connectivity index (χ4v) is 2.51. The second-order valence-electron chi connectivity index (χ2n) is 5.33. The maximum atomic E-state index is 11.9. The molecule has 0 aromatic rings. The summed E-state index contributed by atoms with van der Waals surface area (Å²) in [7, 11) is 0. The van der Waals surface area contributed by atoms with E-state index >= 15 is 0 Å². The summed E-state index contributed by atoms with van der Waals surface area (Å²) in [4.78, 5) is 11.9. The van der Waals surface area contributed by atoms with Crippen molar-refractivity contribution in [3.05, 3.63) is 0 Å². The molecule has 1 amide bonds. The molecule has 0 radical (unpaired) electrons. The fraction of sp³-hybridized carbons (Fsp3) is 0.917. The molecular weight excluding hydrogens is 204 g/mol. The number of hydrogen-bond acceptors (Lipinski definition) is 3. The summed E-state index contributed by atoms with van der Waals surface area (Å²) >= 11 is 0. The van der Waals surface area contributed by atoms with Gasteiger partial charge in [0.2, 0.25) is 5.91 Å². The molecule has 0 bridgehead atoms. The van der Waals surface area contributed by atoms with Gasteiger partial charge in [-0.05, 0) is 45.2 Å². The maximum Gasteiger partial charge on any atom is 0.220 e. The first-order valence-corrected chi connectivity index (χ1v) is 6.27. The average Bonchev–Trinajstić information content (AvgIpc) is 2.66. The Morgan fingerprint density at radius 2 is 2.50 bits per heavy atom. The van der Waals surface area contributed by atoms with Crippen LogP contribution in [0.5, 0.6) is 0 Å². The lowest BCUT2D eigenvalue weighted by Crippen LogP contribution is -2.47. The van der Waals surface area contributed by atoms with Gasteiger partial charge in [-0.15, -0.1) is 0 Å². The van der Waals surface area contributed by atoms with Crippen LogP contribution in [0.4, 0.5) is 0 Å². The van der Waals surface area contributed by atoms with E-state index in [1.807, 2.05) is 0 Å². The van der Waals surface area contributed by atoms with Gasteiger partial charge in [0, 0.05) is 13.0 Å². The third kappa shape index (κ3) is 3.19. The molecule has 2 aliphatic rings. The van der Waals surface area contributed by atoms with E-state index in [0.717, 1.165) is 26.1 Å². The van der Waals surface area contributed by atoms with Gasteiger partial charge in [0.25, 0.3) is 0 Å². The number of hydrogen-bond donors (Lipinski definition) is 2.